The van der Waals surface area contributed by atoms with Crippen LogP contribution in [0.4, 0.5) is 13.2 Å². The van der Waals surface area contributed by atoms with Gasteiger partial charge in [0.2, 0.25) is 0 Å². The van der Waals surface area contributed by atoms with Crippen molar-refractivity contribution < 1.29 is 32.6 Å². The summed E-state index contributed by atoms with van der Waals surface area (Å²) < 4.78 is 44.7. The molecule has 0 aliphatic heterocycles. The lowest BCUT2D eigenvalue weighted by Crippen LogP contribution is -2.55. The second-order valence-corrected chi connectivity index (χ2v) is 9.58. The minimum absolute atomic E-state index is 0.101. The van der Waals surface area contributed by atoms with Crippen molar-refractivity contribution in [3.05, 3.63) is 71.0 Å². The summed E-state index contributed by atoms with van der Waals surface area (Å²) in [7, 11) is 0. The summed E-state index contributed by atoms with van der Waals surface area (Å²) in [6.07, 6.45) is -0.390. The molecule has 0 unspecified atom stereocenters. The molecule has 37 heavy (non-hydrogen) atoms. The smallest absolute Gasteiger partial charge is 0.433 e. The van der Waals surface area contributed by atoms with Gasteiger partial charge < -0.3 is 15.2 Å². The fourth-order valence-electron chi connectivity index (χ4n) is 4.97. The largest absolute Gasteiger partial charge is 0.487 e. The van der Waals surface area contributed by atoms with Gasteiger partial charge in [-0.1, -0.05) is 50.1 Å². The average Bonchev–Trinajstić information content (AvgIpc) is 2.82. The van der Waals surface area contributed by atoms with Crippen LogP contribution in [0.5, 0.6) is 5.75 Å². The SMILES string of the molecule is CCC[C@@H](NC(=O)c1cc(C)c2ccccc2c1OCc1ccc(C(F)(F)F)nc1)C1(C(=O)O)CCC1. The van der Waals surface area contributed by atoms with Crippen molar-refractivity contribution in [1.29, 1.82) is 0 Å². The van der Waals surface area contributed by atoms with Crippen LogP contribution in [-0.2, 0) is 17.6 Å². The van der Waals surface area contributed by atoms with Crippen molar-refractivity contribution in [3.8, 4) is 5.75 Å². The first-order chi connectivity index (χ1) is 17.6. The maximum atomic E-state index is 13.6. The van der Waals surface area contributed by atoms with Crippen LogP contribution in [0.15, 0.2) is 48.7 Å². The van der Waals surface area contributed by atoms with Crippen molar-refractivity contribution in [2.75, 3.05) is 0 Å². The Kier molecular flexibility index (Phi) is 7.43. The first-order valence-electron chi connectivity index (χ1n) is 12.3. The van der Waals surface area contributed by atoms with E-state index in [4.69, 9.17) is 4.74 Å². The van der Waals surface area contributed by atoms with Gasteiger partial charge in [-0.15, -0.1) is 0 Å². The Morgan fingerprint density at radius 1 is 1.16 bits per heavy atom. The molecule has 0 spiro atoms. The highest BCUT2D eigenvalue weighted by molar-refractivity contribution is 6.05. The van der Waals surface area contributed by atoms with Crippen LogP contribution in [0, 0.1) is 12.3 Å². The zero-order valence-electron chi connectivity index (χ0n) is 20.7. The number of amides is 1. The Morgan fingerprint density at radius 2 is 1.86 bits per heavy atom. The topological polar surface area (TPSA) is 88.5 Å². The third-order valence-electron chi connectivity index (χ3n) is 7.17. The highest BCUT2D eigenvalue weighted by Crippen LogP contribution is 2.46. The molecule has 1 aromatic heterocycles. The summed E-state index contributed by atoms with van der Waals surface area (Å²) in [5, 5.41) is 14.5. The van der Waals surface area contributed by atoms with E-state index < -0.39 is 35.2 Å². The molecule has 6 nitrogen and oxygen atoms in total. The van der Waals surface area contributed by atoms with Crippen LogP contribution in [0.3, 0.4) is 0 Å². The zero-order valence-corrected chi connectivity index (χ0v) is 20.7. The molecule has 4 rings (SSSR count). The Morgan fingerprint density at radius 3 is 2.41 bits per heavy atom. The molecule has 2 aromatic carbocycles. The van der Waals surface area contributed by atoms with Crippen LogP contribution < -0.4 is 10.1 Å². The van der Waals surface area contributed by atoms with E-state index in [2.05, 4.69) is 10.3 Å². The minimum atomic E-state index is -4.54. The van der Waals surface area contributed by atoms with Crippen molar-refractivity contribution in [1.82, 2.24) is 10.3 Å². The molecule has 1 fully saturated rings. The zero-order chi connectivity index (χ0) is 26.8. The van der Waals surface area contributed by atoms with E-state index in [0.29, 0.717) is 36.6 Å². The van der Waals surface area contributed by atoms with Crippen molar-refractivity contribution in [3.63, 3.8) is 0 Å². The standard InChI is InChI=1S/C28H29F3N2O4/c1-3-7-22(27(26(35)36)12-6-13-27)33-25(34)21-14-17(2)19-8-4-5-9-20(19)24(21)37-16-18-10-11-23(32-15-18)28(29,30)31/h4-5,8-11,14-15,22H,3,6-7,12-13,16H2,1-2H3,(H,33,34)(H,35,36)/t22-/m1/s1. The number of halogens is 3. The van der Waals surface area contributed by atoms with Crippen molar-refractivity contribution in [2.24, 2.45) is 5.41 Å². The lowest BCUT2D eigenvalue weighted by atomic mass is 9.63. The number of aromatic nitrogens is 1. The van der Waals surface area contributed by atoms with Gasteiger partial charge in [0.25, 0.3) is 5.91 Å². The highest BCUT2D eigenvalue weighted by Gasteiger charge is 2.51. The van der Waals surface area contributed by atoms with Crippen molar-refractivity contribution >= 4 is 22.6 Å². The first-order valence-corrected chi connectivity index (χ1v) is 12.3. The summed E-state index contributed by atoms with van der Waals surface area (Å²) >= 11 is 0. The van der Waals surface area contributed by atoms with E-state index in [1.165, 1.54) is 6.07 Å². The Hall–Kier alpha value is -3.62. The van der Waals surface area contributed by atoms with E-state index in [0.717, 1.165) is 29.6 Å². The molecule has 1 aliphatic rings. The molecule has 196 valence electrons. The monoisotopic (exact) mass is 514 g/mol. The number of pyridine rings is 1. The molecular formula is C28H29F3N2O4. The summed E-state index contributed by atoms with van der Waals surface area (Å²) in [6, 6.07) is 10.7. The number of hydrogen-bond acceptors (Lipinski definition) is 4. The Labute approximate surface area is 212 Å². The van der Waals surface area contributed by atoms with E-state index in [9.17, 15) is 27.9 Å². The van der Waals surface area contributed by atoms with Gasteiger partial charge in [0.05, 0.1) is 11.0 Å². The predicted octanol–water partition coefficient (Wildman–Crippen LogP) is 6.29. The molecule has 1 atom stereocenters. The maximum Gasteiger partial charge on any atom is 0.433 e. The number of carboxylic acid groups (broad SMARTS) is 1. The average molecular weight is 515 g/mol. The number of aliphatic carboxylic acids is 1. The summed E-state index contributed by atoms with van der Waals surface area (Å²) in [4.78, 5) is 29.2. The van der Waals surface area contributed by atoms with E-state index >= 15 is 0 Å². The van der Waals surface area contributed by atoms with Gasteiger partial charge in [0.1, 0.15) is 18.1 Å². The van der Waals surface area contributed by atoms with E-state index in [1.807, 2.05) is 38.1 Å². The van der Waals surface area contributed by atoms with Gasteiger partial charge in [-0.25, -0.2) is 0 Å². The third-order valence-corrected chi connectivity index (χ3v) is 7.17. The van der Waals surface area contributed by atoms with Gasteiger partial charge >= 0.3 is 12.1 Å². The first kappa shape index (κ1) is 26.4. The van der Waals surface area contributed by atoms with Gasteiger partial charge in [0, 0.05) is 23.2 Å². The number of nitrogens with one attached hydrogen (secondary N) is 1. The number of benzene rings is 2. The number of nitrogens with zero attached hydrogens (tertiary/aromatic N) is 1. The van der Waals surface area contributed by atoms with Gasteiger partial charge in [-0.05, 0) is 49.3 Å². The van der Waals surface area contributed by atoms with Crippen molar-refractivity contribution in [2.45, 2.75) is 64.8 Å². The summed E-state index contributed by atoms with van der Waals surface area (Å²) in [5.74, 6) is -1.06. The second-order valence-electron chi connectivity index (χ2n) is 9.58. The van der Waals surface area contributed by atoms with Crippen LogP contribution >= 0.6 is 0 Å². The second kappa shape index (κ2) is 10.4. The van der Waals surface area contributed by atoms with Crippen LogP contribution in [-0.4, -0.2) is 28.0 Å². The summed E-state index contributed by atoms with van der Waals surface area (Å²) in [6.45, 7) is 3.72. The number of alkyl halides is 3. The Bertz CT molecular complexity index is 1300. The third kappa shape index (κ3) is 5.26. The Balaban J connectivity index is 1.67. The number of carbonyl (C=O) groups is 2. The molecule has 1 saturated carbocycles. The molecular weight excluding hydrogens is 485 g/mol. The summed E-state index contributed by atoms with van der Waals surface area (Å²) in [5.41, 5.74) is -0.482. The molecule has 0 saturated heterocycles. The lowest BCUT2D eigenvalue weighted by molar-refractivity contribution is -0.157. The van der Waals surface area contributed by atoms with E-state index in [-0.39, 0.29) is 17.9 Å². The molecule has 0 bridgehead atoms. The van der Waals surface area contributed by atoms with Crippen LogP contribution in [0.2, 0.25) is 0 Å². The molecule has 3 aromatic rings. The number of ether oxygens (including phenoxy) is 1. The lowest BCUT2D eigenvalue weighted by Gasteiger charge is -2.44. The molecule has 2 N–H and O–H groups in total. The number of fused-ring (bicyclic) bond motifs is 1. The molecule has 0 radical (unpaired) electrons. The molecule has 1 amide bonds. The minimum Gasteiger partial charge on any atom is -0.487 e. The quantitative estimate of drug-likeness (QED) is 0.350. The fraction of sp³-hybridized carbons (Fsp3) is 0.393. The van der Waals surface area contributed by atoms with E-state index in [1.54, 1.807) is 6.07 Å². The molecule has 9 heteroatoms. The van der Waals surface area contributed by atoms with Gasteiger partial charge in [0.15, 0.2) is 0 Å². The predicted molar refractivity (Wildman–Crippen MR) is 132 cm³/mol. The maximum absolute atomic E-state index is 13.6. The normalized spacial score (nSPS) is 15.6. The van der Waals surface area contributed by atoms with Gasteiger partial charge in [-0.3, -0.25) is 14.6 Å². The van der Waals surface area contributed by atoms with Crippen LogP contribution in [0.1, 0.15) is 66.2 Å². The number of aryl methyl sites for hydroxylation is 1. The molecule has 1 aliphatic carbocycles. The number of hydrogen-bond donors (Lipinski definition) is 2. The molecule has 1 heterocycles. The highest BCUT2D eigenvalue weighted by atomic mass is 19.4. The number of carboxylic acids is 1. The van der Waals surface area contributed by atoms with Crippen LogP contribution in [0.25, 0.3) is 10.8 Å². The number of carbonyl (C=O) groups excluding carboxylic acids is 1. The fourth-order valence-corrected chi connectivity index (χ4v) is 4.97. The van der Waals surface area contributed by atoms with Gasteiger partial charge in [-0.2, -0.15) is 13.2 Å². The number of rotatable bonds is 9.